The van der Waals surface area contributed by atoms with E-state index in [2.05, 4.69) is 48.8 Å². The van der Waals surface area contributed by atoms with Gasteiger partial charge in [-0.15, -0.1) is 0 Å². The second-order valence-corrected chi connectivity index (χ2v) is 5.77. The largest absolute Gasteiger partial charge is 0.490 e. The molecule has 3 heteroatoms. The van der Waals surface area contributed by atoms with Crippen LogP contribution in [-0.4, -0.2) is 13.2 Å². The lowest BCUT2D eigenvalue weighted by atomic mass is 10.1. The van der Waals surface area contributed by atoms with Crippen molar-refractivity contribution in [2.24, 2.45) is 0 Å². The Balaban J connectivity index is 1.87. The van der Waals surface area contributed by atoms with Crippen LogP contribution in [0.15, 0.2) is 40.9 Å². The Morgan fingerprint density at radius 3 is 2.45 bits per heavy atom. The molecule has 2 aromatic carbocycles. The standard InChI is InChI=1S/C17H19BrO2/c1-12-9-13(2)14(3)17(10-12)20-8-7-19-16-6-4-5-15(18)11-16/h4-6,9-11H,7-8H2,1-3H3. The van der Waals surface area contributed by atoms with Crippen LogP contribution in [0.1, 0.15) is 16.7 Å². The van der Waals surface area contributed by atoms with Crippen molar-refractivity contribution in [3.63, 3.8) is 0 Å². The van der Waals surface area contributed by atoms with Crippen molar-refractivity contribution >= 4 is 15.9 Å². The Bertz CT molecular complexity index is 594. The molecule has 106 valence electrons. The minimum atomic E-state index is 0.531. The summed E-state index contributed by atoms with van der Waals surface area (Å²) in [6.45, 7) is 7.34. The number of halogens is 1. The van der Waals surface area contributed by atoms with E-state index in [1.165, 1.54) is 16.7 Å². The van der Waals surface area contributed by atoms with Crippen LogP contribution < -0.4 is 9.47 Å². The van der Waals surface area contributed by atoms with Crippen molar-refractivity contribution in [3.8, 4) is 11.5 Å². The molecule has 2 nitrogen and oxygen atoms in total. The van der Waals surface area contributed by atoms with Gasteiger partial charge in [0, 0.05) is 4.47 Å². The Hall–Kier alpha value is -1.48. The van der Waals surface area contributed by atoms with Gasteiger partial charge in [-0.1, -0.05) is 28.1 Å². The molecule has 0 saturated heterocycles. The minimum absolute atomic E-state index is 0.531. The van der Waals surface area contributed by atoms with E-state index < -0.39 is 0 Å². The van der Waals surface area contributed by atoms with E-state index in [1.54, 1.807) is 0 Å². The molecule has 0 aromatic heterocycles. The molecule has 0 heterocycles. The monoisotopic (exact) mass is 334 g/mol. The summed E-state index contributed by atoms with van der Waals surface area (Å²) < 4.78 is 12.5. The van der Waals surface area contributed by atoms with E-state index in [1.807, 2.05) is 24.3 Å². The predicted octanol–water partition coefficient (Wildman–Crippen LogP) is 4.83. The van der Waals surface area contributed by atoms with Crippen LogP contribution in [-0.2, 0) is 0 Å². The molecule has 0 unspecified atom stereocenters. The normalized spacial score (nSPS) is 10.4. The first-order valence-corrected chi connectivity index (χ1v) is 7.44. The van der Waals surface area contributed by atoms with Gasteiger partial charge in [-0.2, -0.15) is 0 Å². The zero-order chi connectivity index (χ0) is 14.5. The molecule has 2 rings (SSSR count). The van der Waals surface area contributed by atoms with Gasteiger partial charge in [0.25, 0.3) is 0 Å². The summed E-state index contributed by atoms with van der Waals surface area (Å²) in [4.78, 5) is 0. The quantitative estimate of drug-likeness (QED) is 0.729. The van der Waals surface area contributed by atoms with E-state index in [0.717, 1.165) is 16.0 Å². The Labute approximate surface area is 128 Å². The average Bonchev–Trinajstić information content (AvgIpc) is 2.40. The zero-order valence-electron chi connectivity index (χ0n) is 12.1. The fourth-order valence-corrected chi connectivity index (χ4v) is 2.40. The van der Waals surface area contributed by atoms with Crippen molar-refractivity contribution in [2.75, 3.05) is 13.2 Å². The number of hydrogen-bond donors (Lipinski definition) is 0. The van der Waals surface area contributed by atoms with Gasteiger partial charge in [0.05, 0.1) is 0 Å². The van der Waals surface area contributed by atoms with Crippen LogP contribution in [0.4, 0.5) is 0 Å². The summed E-state index contributed by atoms with van der Waals surface area (Å²) in [5, 5.41) is 0. The minimum Gasteiger partial charge on any atom is -0.490 e. The van der Waals surface area contributed by atoms with Crippen LogP contribution in [0.5, 0.6) is 11.5 Å². The molecule has 0 aliphatic heterocycles. The van der Waals surface area contributed by atoms with E-state index in [0.29, 0.717) is 13.2 Å². The maximum atomic E-state index is 5.81. The highest BCUT2D eigenvalue weighted by atomic mass is 79.9. The molecule has 0 N–H and O–H groups in total. The molecule has 0 amide bonds. The molecule has 0 aliphatic rings. The lowest BCUT2D eigenvalue weighted by Gasteiger charge is -2.13. The third-order valence-electron chi connectivity index (χ3n) is 3.17. The lowest BCUT2D eigenvalue weighted by molar-refractivity contribution is 0.216. The van der Waals surface area contributed by atoms with Gasteiger partial charge >= 0.3 is 0 Å². The first-order valence-electron chi connectivity index (χ1n) is 6.65. The van der Waals surface area contributed by atoms with E-state index >= 15 is 0 Å². The van der Waals surface area contributed by atoms with Gasteiger partial charge in [0.2, 0.25) is 0 Å². The molecule has 0 fully saturated rings. The van der Waals surface area contributed by atoms with Gasteiger partial charge in [-0.3, -0.25) is 0 Å². The first-order chi connectivity index (χ1) is 9.56. The second kappa shape index (κ2) is 6.80. The maximum Gasteiger partial charge on any atom is 0.122 e. The van der Waals surface area contributed by atoms with Crippen molar-refractivity contribution in [2.45, 2.75) is 20.8 Å². The highest BCUT2D eigenvalue weighted by Crippen LogP contribution is 2.23. The summed E-state index contributed by atoms with van der Waals surface area (Å²) in [7, 11) is 0. The fraction of sp³-hybridized carbons (Fsp3) is 0.294. The van der Waals surface area contributed by atoms with Gasteiger partial charge < -0.3 is 9.47 Å². The third-order valence-corrected chi connectivity index (χ3v) is 3.66. The number of benzene rings is 2. The Kier molecular flexibility index (Phi) is 5.07. The van der Waals surface area contributed by atoms with Crippen LogP contribution in [0, 0.1) is 20.8 Å². The Morgan fingerprint density at radius 1 is 0.950 bits per heavy atom. The van der Waals surface area contributed by atoms with E-state index in [-0.39, 0.29) is 0 Å². The molecule has 2 aromatic rings. The first kappa shape index (κ1) is 14.9. The van der Waals surface area contributed by atoms with Crippen LogP contribution >= 0.6 is 15.9 Å². The molecule has 0 aliphatic carbocycles. The number of hydrogen-bond acceptors (Lipinski definition) is 2. The number of ether oxygens (including phenoxy) is 2. The predicted molar refractivity (Wildman–Crippen MR) is 85.8 cm³/mol. The summed E-state index contributed by atoms with van der Waals surface area (Å²) in [6, 6.07) is 12.0. The molecular weight excluding hydrogens is 316 g/mol. The highest BCUT2D eigenvalue weighted by Gasteiger charge is 2.04. The van der Waals surface area contributed by atoms with Crippen LogP contribution in [0.3, 0.4) is 0 Å². The highest BCUT2D eigenvalue weighted by molar-refractivity contribution is 9.10. The van der Waals surface area contributed by atoms with Gasteiger partial charge in [-0.25, -0.2) is 0 Å². The van der Waals surface area contributed by atoms with Crippen molar-refractivity contribution in [1.82, 2.24) is 0 Å². The van der Waals surface area contributed by atoms with E-state index in [9.17, 15) is 0 Å². The lowest BCUT2D eigenvalue weighted by Crippen LogP contribution is -2.10. The number of aryl methyl sites for hydroxylation is 2. The molecule has 0 spiro atoms. The van der Waals surface area contributed by atoms with E-state index in [4.69, 9.17) is 9.47 Å². The van der Waals surface area contributed by atoms with Gasteiger partial charge in [-0.05, 0) is 61.7 Å². The molecular formula is C17H19BrO2. The van der Waals surface area contributed by atoms with Gasteiger partial charge in [0.15, 0.2) is 0 Å². The summed E-state index contributed by atoms with van der Waals surface area (Å²) in [5.41, 5.74) is 3.67. The zero-order valence-corrected chi connectivity index (χ0v) is 13.7. The summed E-state index contributed by atoms with van der Waals surface area (Å²) in [6.07, 6.45) is 0. The Morgan fingerprint density at radius 2 is 1.70 bits per heavy atom. The van der Waals surface area contributed by atoms with Crippen LogP contribution in [0.25, 0.3) is 0 Å². The SMILES string of the molecule is Cc1cc(C)c(C)c(OCCOc2cccc(Br)c2)c1. The smallest absolute Gasteiger partial charge is 0.122 e. The van der Waals surface area contributed by atoms with Crippen molar-refractivity contribution in [1.29, 1.82) is 0 Å². The van der Waals surface area contributed by atoms with Crippen molar-refractivity contribution < 1.29 is 9.47 Å². The van der Waals surface area contributed by atoms with Crippen LogP contribution in [0.2, 0.25) is 0 Å². The molecule has 0 radical (unpaired) electrons. The average molecular weight is 335 g/mol. The van der Waals surface area contributed by atoms with Crippen molar-refractivity contribution in [3.05, 3.63) is 57.6 Å². The fourth-order valence-electron chi connectivity index (χ4n) is 2.02. The summed E-state index contributed by atoms with van der Waals surface area (Å²) in [5.74, 6) is 1.79. The molecule has 0 atom stereocenters. The van der Waals surface area contributed by atoms with Gasteiger partial charge in [0.1, 0.15) is 24.7 Å². The third kappa shape index (κ3) is 4.01. The number of rotatable bonds is 5. The molecule has 0 bridgehead atoms. The topological polar surface area (TPSA) is 18.5 Å². The molecule has 0 saturated carbocycles. The molecule has 20 heavy (non-hydrogen) atoms. The second-order valence-electron chi connectivity index (χ2n) is 4.86. The maximum absolute atomic E-state index is 5.81. The summed E-state index contributed by atoms with van der Waals surface area (Å²) >= 11 is 3.42.